The topological polar surface area (TPSA) is 63.8 Å². The Kier molecular flexibility index (Phi) is 1.70. The maximum absolute atomic E-state index is 9.00. The molecule has 0 saturated heterocycles. The van der Waals surface area contributed by atoms with Crippen molar-refractivity contribution in [1.82, 2.24) is 19.5 Å². The Morgan fingerprint density at radius 1 is 1.54 bits per heavy atom. The van der Waals surface area contributed by atoms with Crippen LogP contribution in [0.4, 0.5) is 0 Å². The number of allylic oxidation sites excluding steroid dienone is 1. The number of aliphatic hydroxyl groups excluding tert-OH is 1. The molecule has 0 amide bonds. The van der Waals surface area contributed by atoms with Gasteiger partial charge in [-0.3, -0.25) is 0 Å². The smallest absolute Gasteiger partial charge is 0.163 e. The predicted octanol–water partition coefficient (Wildman–Crippen LogP) is 0.898. The second kappa shape index (κ2) is 2.85. The monoisotopic (exact) mass is 176 g/mol. The van der Waals surface area contributed by atoms with E-state index in [2.05, 4.69) is 21.5 Å². The van der Waals surface area contributed by atoms with Crippen molar-refractivity contribution in [3.63, 3.8) is 0 Å². The fraction of sp³-hybridized carbons (Fsp3) is 0.125. The molecular formula is C8H8N4O. The van der Waals surface area contributed by atoms with Crippen LogP contribution in [0.25, 0.3) is 11.2 Å². The normalized spacial score (nSPS) is 10.5. The zero-order chi connectivity index (χ0) is 9.26. The van der Waals surface area contributed by atoms with Gasteiger partial charge in [0.05, 0.1) is 19.1 Å². The summed E-state index contributed by atoms with van der Waals surface area (Å²) in [6.07, 6.45) is 4.67. The molecule has 5 heteroatoms. The molecule has 0 aromatic carbocycles. The summed E-state index contributed by atoms with van der Waals surface area (Å²) in [6.45, 7) is 3.71. The van der Waals surface area contributed by atoms with Gasteiger partial charge in [0, 0.05) is 0 Å². The summed E-state index contributed by atoms with van der Waals surface area (Å²) < 4.78 is 1.71. The van der Waals surface area contributed by atoms with Gasteiger partial charge in [0.1, 0.15) is 17.6 Å². The summed E-state index contributed by atoms with van der Waals surface area (Å²) in [5.41, 5.74) is 1.41. The van der Waals surface area contributed by atoms with Gasteiger partial charge in [-0.15, -0.1) is 0 Å². The highest BCUT2D eigenvalue weighted by Gasteiger charge is 2.03. The van der Waals surface area contributed by atoms with Crippen molar-refractivity contribution in [2.75, 3.05) is 0 Å². The first-order valence-electron chi connectivity index (χ1n) is 3.75. The van der Waals surface area contributed by atoms with Crippen LogP contribution < -0.4 is 0 Å². The van der Waals surface area contributed by atoms with Crippen LogP contribution in [-0.4, -0.2) is 24.6 Å². The molecule has 2 aromatic heterocycles. The number of nitrogens with zero attached hydrogens (tertiary/aromatic N) is 4. The van der Waals surface area contributed by atoms with Crippen LogP contribution in [0.1, 0.15) is 0 Å². The zero-order valence-corrected chi connectivity index (χ0v) is 6.88. The van der Waals surface area contributed by atoms with E-state index in [0.717, 1.165) is 0 Å². The number of hydrogen-bond donors (Lipinski definition) is 1. The number of aromatic nitrogens is 4. The zero-order valence-electron chi connectivity index (χ0n) is 6.88. The summed E-state index contributed by atoms with van der Waals surface area (Å²) in [5, 5.41) is 9.00. The lowest BCUT2D eigenvalue weighted by Gasteiger charge is -1.99. The molecule has 0 unspecified atom stereocenters. The van der Waals surface area contributed by atoms with E-state index in [-0.39, 0.29) is 5.76 Å². The molecule has 0 atom stereocenters. The molecule has 0 aliphatic heterocycles. The van der Waals surface area contributed by atoms with Gasteiger partial charge in [0.2, 0.25) is 0 Å². The maximum atomic E-state index is 9.00. The van der Waals surface area contributed by atoms with Gasteiger partial charge in [-0.05, 0) is 0 Å². The van der Waals surface area contributed by atoms with Gasteiger partial charge in [0.15, 0.2) is 5.65 Å². The van der Waals surface area contributed by atoms with Gasteiger partial charge in [-0.25, -0.2) is 15.0 Å². The van der Waals surface area contributed by atoms with E-state index in [0.29, 0.717) is 17.7 Å². The molecule has 5 nitrogen and oxygen atoms in total. The first kappa shape index (κ1) is 7.72. The molecule has 0 fully saturated rings. The van der Waals surface area contributed by atoms with E-state index >= 15 is 0 Å². The minimum absolute atomic E-state index is 0.0814. The molecule has 66 valence electrons. The van der Waals surface area contributed by atoms with E-state index in [1.165, 1.54) is 6.33 Å². The lowest BCUT2D eigenvalue weighted by Crippen LogP contribution is -1.99. The Morgan fingerprint density at radius 3 is 3.15 bits per heavy atom. The molecule has 1 N–H and O–H groups in total. The Labute approximate surface area is 74.4 Å². The largest absolute Gasteiger partial charge is 0.511 e. The van der Waals surface area contributed by atoms with Crippen molar-refractivity contribution in [3.8, 4) is 0 Å². The molecule has 0 aliphatic carbocycles. The van der Waals surface area contributed by atoms with Crippen molar-refractivity contribution in [3.05, 3.63) is 31.2 Å². The molecule has 2 heterocycles. The average molecular weight is 176 g/mol. The van der Waals surface area contributed by atoms with Crippen LogP contribution in [0.5, 0.6) is 0 Å². The first-order chi connectivity index (χ1) is 6.27. The third-order valence-electron chi connectivity index (χ3n) is 1.63. The minimum atomic E-state index is 0.0814. The first-order valence-corrected chi connectivity index (χ1v) is 3.75. The van der Waals surface area contributed by atoms with Gasteiger partial charge in [-0.2, -0.15) is 0 Å². The molecule has 0 saturated carbocycles. The number of hydrogen-bond acceptors (Lipinski definition) is 4. The highest BCUT2D eigenvalue weighted by atomic mass is 16.3. The Hall–Kier alpha value is -1.91. The highest BCUT2D eigenvalue weighted by molar-refractivity contribution is 5.68. The van der Waals surface area contributed by atoms with Gasteiger partial charge in [-0.1, -0.05) is 6.58 Å². The molecule has 0 spiro atoms. The SMILES string of the molecule is C=C(O)Cn1cnc2cncnc21. The third-order valence-corrected chi connectivity index (χ3v) is 1.63. The fourth-order valence-electron chi connectivity index (χ4n) is 1.13. The second-order valence-electron chi connectivity index (χ2n) is 2.67. The van der Waals surface area contributed by atoms with Crippen molar-refractivity contribution in [1.29, 1.82) is 0 Å². The maximum Gasteiger partial charge on any atom is 0.163 e. The van der Waals surface area contributed by atoms with Gasteiger partial charge >= 0.3 is 0 Å². The van der Waals surface area contributed by atoms with Crippen LogP contribution in [0.3, 0.4) is 0 Å². The highest BCUT2D eigenvalue weighted by Crippen LogP contribution is 2.07. The van der Waals surface area contributed by atoms with E-state index in [1.807, 2.05) is 0 Å². The number of rotatable bonds is 2. The van der Waals surface area contributed by atoms with E-state index < -0.39 is 0 Å². The Bertz CT molecular complexity index is 448. The van der Waals surface area contributed by atoms with Crippen molar-refractivity contribution in [2.45, 2.75) is 6.54 Å². The lowest BCUT2D eigenvalue weighted by atomic mass is 10.5. The summed E-state index contributed by atoms with van der Waals surface area (Å²) in [6, 6.07) is 0. The molecule has 13 heavy (non-hydrogen) atoms. The van der Waals surface area contributed by atoms with Crippen molar-refractivity contribution in [2.24, 2.45) is 0 Å². The minimum Gasteiger partial charge on any atom is -0.511 e. The van der Waals surface area contributed by atoms with Crippen LogP contribution >= 0.6 is 0 Å². The van der Waals surface area contributed by atoms with Crippen LogP contribution in [0, 0.1) is 0 Å². The summed E-state index contributed by atoms with van der Waals surface area (Å²) >= 11 is 0. The van der Waals surface area contributed by atoms with Crippen LogP contribution in [0.2, 0.25) is 0 Å². The van der Waals surface area contributed by atoms with E-state index in [4.69, 9.17) is 5.11 Å². The number of imidazole rings is 1. The predicted molar refractivity (Wildman–Crippen MR) is 47.1 cm³/mol. The molecule has 2 rings (SSSR count). The number of fused-ring (bicyclic) bond motifs is 1. The summed E-state index contributed by atoms with van der Waals surface area (Å²) in [5.74, 6) is 0.0814. The van der Waals surface area contributed by atoms with Crippen molar-refractivity contribution >= 4 is 11.2 Å². The van der Waals surface area contributed by atoms with Gasteiger partial charge < -0.3 is 9.67 Å². The average Bonchev–Trinajstić information content (AvgIpc) is 2.48. The Morgan fingerprint density at radius 2 is 2.38 bits per heavy atom. The summed E-state index contributed by atoms with van der Waals surface area (Å²) in [4.78, 5) is 11.9. The number of aliphatic hydroxyl groups is 1. The van der Waals surface area contributed by atoms with E-state index in [1.54, 1.807) is 17.1 Å². The van der Waals surface area contributed by atoms with Crippen LogP contribution in [0.15, 0.2) is 31.2 Å². The van der Waals surface area contributed by atoms with Crippen molar-refractivity contribution < 1.29 is 5.11 Å². The molecule has 2 aromatic rings. The molecule has 0 bridgehead atoms. The van der Waals surface area contributed by atoms with Gasteiger partial charge in [0.25, 0.3) is 0 Å². The summed E-state index contributed by atoms with van der Waals surface area (Å²) in [7, 11) is 0. The quantitative estimate of drug-likeness (QED) is 0.690. The molecular weight excluding hydrogens is 168 g/mol. The molecule has 0 radical (unpaired) electrons. The van der Waals surface area contributed by atoms with E-state index in [9.17, 15) is 0 Å². The third kappa shape index (κ3) is 1.35. The lowest BCUT2D eigenvalue weighted by molar-refractivity contribution is 0.380. The fourth-order valence-corrected chi connectivity index (χ4v) is 1.13. The Balaban J connectivity index is 2.51. The molecule has 0 aliphatic rings. The second-order valence-corrected chi connectivity index (χ2v) is 2.67. The standard InChI is InChI=1S/C8H8N4O/c1-6(13)3-12-5-11-7-2-9-4-10-8(7)12/h2,4-5,13H,1,3H2. The van der Waals surface area contributed by atoms with Crippen LogP contribution in [-0.2, 0) is 6.54 Å².